The lowest BCUT2D eigenvalue weighted by atomic mass is 10.1. The highest BCUT2D eigenvalue weighted by Gasteiger charge is 2.14. The molecular formula is C11H9FN2O. The Hall–Kier alpha value is -1.81. The van der Waals surface area contributed by atoms with E-state index in [1.54, 1.807) is 24.4 Å². The first-order valence-electron chi connectivity index (χ1n) is 4.47. The number of rotatable bonds is 2. The first kappa shape index (κ1) is 9.73. The zero-order chi connectivity index (χ0) is 10.7. The molecule has 0 aliphatic carbocycles. The Labute approximate surface area is 86.3 Å². The molecule has 2 aromatic heterocycles. The van der Waals surface area contributed by atoms with Crippen molar-refractivity contribution in [1.29, 1.82) is 0 Å². The minimum atomic E-state index is -1.02. The van der Waals surface area contributed by atoms with Gasteiger partial charge in [-0.2, -0.15) is 4.39 Å². The van der Waals surface area contributed by atoms with Gasteiger partial charge in [-0.3, -0.25) is 4.98 Å². The summed E-state index contributed by atoms with van der Waals surface area (Å²) in [5.41, 5.74) is 0.704. The maximum Gasteiger partial charge on any atom is 0.218 e. The zero-order valence-corrected chi connectivity index (χ0v) is 7.84. The minimum absolute atomic E-state index is 0.158. The van der Waals surface area contributed by atoms with Crippen LogP contribution in [0.4, 0.5) is 4.39 Å². The van der Waals surface area contributed by atoms with E-state index in [1.165, 1.54) is 18.5 Å². The van der Waals surface area contributed by atoms with Gasteiger partial charge in [0.25, 0.3) is 0 Å². The molecule has 0 amide bonds. The molecule has 3 nitrogen and oxygen atoms in total. The highest BCUT2D eigenvalue weighted by molar-refractivity contribution is 5.26. The number of aliphatic hydroxyl groups excluding tert-OH is 1. The van der Waals surface area contributed by atoms with Gasteiger partial charge in [0.05, 0.1) is 0 Å². The van der Waals surface area contributed by atoms with Crippen molar-refractivity contribution >= 4 is 0 Å². The number of hydrogen-bond acceptors (Lipinski definition) is 3. The third-order valence-corrected chi connectivity index (χ3v) is 2.08. The largest absolute Gasteiger partial charge is 0.383 e. The molecule has 2 heterocycles. The fraction of sp³-hybridized carbons (Fsp3) is 0.0909. The summed E-state index contributed by atoms with van der Waals surface area (Å²) in [7, 11) is 0. The monoisotopic (exact) mass is 204 g/mol. The van der Waals surface area contributed by atoms with Crippen LogP contribution >= 0.6 is 0 Å². The molecular weight excluding hydrogens is 195 g/mol. The van der Waals surface area contributed by atoms with Crippen LogP contribution in [0, 0.1) is 5.95 Å². The van der Waals surface area contributed by atoms with Gasteiger partial charge < -0.3 is 5.11 Å². The molecule has 0 spiro atoms. The molecule has 0 saturated heterocycles. The predicted molar refractivity (Wildman–Crippen MR) is 52.5 cm³/mol. The summed E-state index contributed by atoms with van der Waals surface area (Å²) < 4.78 is 13.2. The zero-order valence-electron chi connectivity index (χ0n) is 7.84. The molecule has 0 aromatic carbocycles. The van der Waals surface area contributed by atoms with Crippen LogP contribution in [0.15, 0.2) is 42.9 Å². The summed E-state index contributed by atoms with van der Waals surface area (Å²) in [5.74, 6) is -0.658. The van der Waals surface area contributed by atoms with Crippen LogP contribution in [0.25, 0.3) is 0 Å². The molecule has 0 radical (unpaired) electrons. The Morgan fingerprint density at radius 1 is 1.20 bits per heavy atom. The van der Waals surface area contributed by atoms with Gasteiger partial charge in [0, 0.05) is 29.7 Å². The summed E-state index contributed by atoms with van der Waals surface area (Å²) in [6.45, 7) is 0. The highest BCUT2D eigenvalue weighted by Crippen LogP contribution is 2.21. The van der Waals surface area contributed by atoms with E-state index < -0.39 is 12.1 Å². The minimum Gasteiger partial charge on any atom is -0.383 e. The second-order valence-corrected chi connectivity index (χ2v) is 3.07. The van der Waals surface area contributed by atoms with Gasteiger partial charge in [-0.25, -0.2) is 4.98 Å². The fourth-order valence-electron chi connectivity index (χ4n) is 1.32. The third kappa shape index (κ3) is 1.99. The number of halogens is 1. The first-order chi connectivity index (χ1) is 7.29. The van der Waals surface area contributed by atoms with Crippen LogP contribution in [-0.4, -0.2) is 15.1 Å². The van der Waals surface area contributed by atoms with Crippen molar-refractivity contribution in [3.8, 4) is 0 Å². The van der Waals surface area contributed by atoms with Crippen molar-refractivity contribution in [3.05, 3.63) is 59.9 Å². The molecule has 0 saturated carbocycles. The fourth-order valence-corrected chi connectivity index (χ4v) is 1.32. The number of nitrogens with zero attached hydrogens (tertiary/aromatic N) is 2. The van der Waals surface area contributed by atoms with E-state index in [4.69, 9.17) is 0 Å². The maximum atomic E-state index is 13.2. The van der Waals surface area contributed by atoms with Gasteiger partial charge in [0.15, 0.2) is 0 Å². The van der Waals surface area contributed by atoms with Crippen molar-refractivity contribution in [2.24, 2.45) is 0 Å². The SMILES string of the molecule is OC(c1cccnc1)c1cccnc1F. The lowest BCUT2D eigenvalue weighted by molar-refractivity contribution is 0.213. The van der Waals surface area contributed by atoms with Gasteiger partial charge >= 0.3 is 0 Å². The van der Waals surface area contributed by atoms with Gasteiger partial charge in [-0.1, -0.05) is 6.07 Å². The molecule has 0 aliphatic heterocycles. The highest BCUT2D eigenvalue weighted by atomic mass is 19.1. The van der Waals surface area contributed by atoms with Gasteiger partial charge in [0.1, 0.15) is 6.10 Å². The lowest BCUT2D eigenvalue weighted by Crippen LogP contribution is -2.03. The molecule has 2 aromatic rings. The Morgan fingerprint density at radius 2 is 2.00 bits per heavy atom. The average molecular weight is 204 g/mol. The van der Waals surface area contributed by atoms with Crippen LogP contribution in [0.3, 0.4) is 0 Å². The molecule has 15 heavy (non-hydrogen) atoms. The molecule has 0 aliphatic rings. The van der Waals surface area contributed by atoms with Crippen molar-refractivity contribution in [2.45, 2.75) is 6.10 Å². The lowest BCUT2D eigenvalue weighted by Gasteiger charge is -2.10. The smallest absolute Gasteiger partial charge is 0.218 e. The van der Waals surface area contributed by atoms with E-state index in [0.717, 1.165) is 0 Å². The van der Waals surface area contributed by atoms with Gasteiger partial charge in [0.2, 0.25) is 5.95 Å². The second kappa shape index (κ2) is 4.14. The summed E-state index contributed by atoms with van der Waals surface area (Å²) in [6.07, 6.45) is 3.41. The van der Waals surface area contributed by atoms with Crippen LogP contribution in [0.1, 0.15) is 17.2 Å². The molecule has 0 fully saturated rings. The standard InChI is InChI=1S/C11H9FN2O/c12-11-9(4-2-6-14-11)10(15)8-3-1-5-13-7-8/h1-7,10,15H. The van der Waals surface area contributed by atoms with E-state index in [9.17, 15) is 9.50 Å². The van der Waals surface area contributed by atoms with Crippen molar-refractivity contribution in [1.82, 2.24) is 9.97 Å². The molecule has 2 rings (SSSR count). The quantitative estimate of drug-likeness (QED) is 0.757. The van der Waals surface area contributed by atoms with Crippen molar-refractivity contribution in [2.75, 3.05) is 0 Å². The van der Waals surface area contributed by atoms with E-state index in [2.05, 4.69) is 9.97 Å². The van der Waals surface area contributed by atoms with E-state index in [1.807, 2.05) is 0 Å². The van der Waals surface area contributed by atoms with Crippen LogP contribution in [0.5, 0.6) is 0 Å². The van der Waals surface area contributed by atoms with Crippen LogP contribution < -0.4 is 0 Å². The molecule has 1 N–H and O–H groups in total. The summed E-state index contributed by atoms with van der Waals surface area (Å²) >= 11 is 0. The molecule has 1 unspecified atom stereocenters. The number of aliphatic hydroxyl groups is 1. The van der Waals surface area contributed by atoms with Crippen molar-refractivity contribution in [3.63, 3.8) is 0 Å². The summed E-state index contributed by atoms with van der Waals surface area (Å²) in [5, 5.41) is 9.85. The number of hydrogen-bond donors (Lipinski definition) is 1. The Morgan fingerprint density at radius 3 is 2.67 bits per heavy atom. The second-order valence-electron chi connectivity index (χ2n) is 3.07. The van der Waals surface area contributed by atoms with Gasteiger partial charge in [-0.15, -0.1) is 0 Å². The van der Waals surface area contributed by atoms with Crippen molar-refractivity contribution < 1.29 is 9.50 Å². The van der Waals surface area contributed by atoms with E-state index in [0.29, 0.717) is 5.56 Å². The maximum absolute atomic E-state index is 13.2. The molecule has 76 valence electrons. The Kier molecular flexibility index (Phi) is 2.69. The number of pyridine rings is 2. The van der Waals surface area contributed by atoms with Crippen LogP contribution in [0.2, 0.25) is 0 Å². The van der Waals surface area contributed by atoms with Crippen LogP contribution in [-0.2, 0) is 0 Å². The van der Waals surface area contributed by atoms with E-state index >= 15 is 0 Å². The molecule has 1 atom stereocenters. The summed E-state index contributed by atoms with van der Waals surface area (Å²) in [4.78, 5) is 7.34. The molecule has 0 bridgehead atoms. The topological polar surface area (TPSA) is 46.0 Å². The van der Waals surface area contributed by atoms with Gasteiger partial charge in [-0.05, 0) is 18.2 Å². The number of aromatic nitrogens is 2. The Bertz CT molecular complexity index is 447. The predicted octanol–water partition coefficient (Wildman–Crippen LogP) is 1.70. The normalized spacial score (nSPS) is 12.4. The Balaban J connectivity index is 2.37. The molecule has 4 heteroatoms. The van der Waals surface area contributed by atoms with E-state index in [-0.39, 0.29) is 5.56 Å². The third-order valence-electron chi connectivity index (χ3n) is 2.08. The summed E-state index contributed by atoms with van der Waals surface area (Å²) in [6, 6.07) is 6.45. The first-order valence-corrected chi connectivity index (χ1v) is 4.47. The average Bonchev–Trinajstić information content (AvgIpc) is 2.30.